The van der Waals surface area contributed by atoms with E-state index >= 15 is 0 Å². The zero-order chi connectivity index (χ0) is 25.6. The van der Waals surface area contributed by atoms with Gasteiger partial charge in [0, 0.05) is 23.6 Å². The highest BCUT2D eigenvalue weighted by molar-refractivity contribution is 7.92. The number of anilines is 1. The third-order valence-electron chi connectivity index (χ3n) is 5.35. The van der Waals surface area contributed by atoms with Crippen LogP contribution in [0.1, 0.15) is 12.5 Å². The van der Waals surface area contributed by atoms with Crippen molar-refractivity contribution >= 4 is 50.7 Å². The fourth-order valence-electron chi connectivity index (χ4n) is 3.50. The summed E-state index contributed by atoms with van der Waals surface area (Å²) in [6.45, 7) is 1.14. The maximum Gasteiger partial charge on any atom is 0.264 e. The fourth-order valence-corrected chi connectivity index (χ4v) is 5.44. The average molecular weight is 534 g/mol. The van der Waals surface area contributed by atoms with Crippen molar-refractivity contribution in [2.75, 3.05) is 17.9 Å². The van der Waals surface area contributed by atoms with Gasteiger partial charge in [0.1, 0.15) is 12.6 Å². The highest BCUT2D eigenvalue weighted by atomic mass is 35.5. The van der Waals surface area contributed by atoms with Crippen molar-refractivity contribution < 1.29 is 18.0 Å². The summed E-state index contributed by atoms with van der Waals surface area (Å²) in [6.07, 6.45) is 0. The van der Waals surface area contributed by atoms with Crippen LogP contribution in [-0.4, -0.2) is 44.8 Å². The van der Waals surface area contributed by atoms with Crippen molar-refractivity contribution in [2.45, 2.75) is 24.4 Å². The van der Waals surface area contributed by atoms with Crippen molar-refractivity contribution in [3.8, 4) is 0 Å². The predicted molar refractivity (Wildman–Crippen MR) is 138 cm³/mol. The molecule has 35 heavy (non-hydrogen) atoms. The summed E-state index contributed by atoms with van der Waals surface area (Å²) in [7, 11) is -2.70. The van der Waals surface area contributed by atoms with Crippen LogP contribution in [0.4, 0.5) is 5.69 Å². The number of likely N-dealkylation sites (N-methyl/N-ethyl adjacent to an activating group) is 1. The van der Waals surface area contributed by atoms with Crippen LogP contribution in [0.5, 0.6) is 0 Å². The normalized spacial score (nSPS) is 12.0. The number of carbonyl (C=O) groups excluding carboxylic acids is 2. The van der Waals surface area contributed by atoms with E-state index in [2.05, 4.69) is 5.32 Å². The number of amides is 2. The third-order valence-corrected chi connectivity index (χ3v) is 7.58. The molecule has 7 nitrogen and oxygen atoms in total. The van der Waals surface area contributed by atoms with Crippen LogP contribution in [0.15, 0.2) is 83.8 Å². The number of nitrogens with zero attached hydrogens (tertiary/aromatic N) is 2. The highest BCUT2D eigenvalue weighted by Gasteiger charge is 2.32. The molecule has 184 valence electrons. The molecular formula is C25H25Cl2N3O4S. The van der Waals surface area contributed by atoms with Crippen LogP contribution >= 0.6 is 23.2 Å². The Balaban J connectivity index is 2.05. The van der Waals surface area contributed by atoms with E-state index in [4.69, 9.17) is 23.2 Å². The van der Waals surface area contributed by atoms with E-state index in [-0.39, 0.29) is 33.1 Å². The Hall–Kier alpha value is -3.07. The maximum atomic E-state index is 13.6. The molecule has 0 unspecified atom stereocenters. The van der Waals surface area contributed by atoms with Crippen molar-refractivity contribution in [3.63, 3.8) is 0 Å². The molecule has 3 aromatic rings. The lowest BCUT2D eigenvalue weighted by Crippen LogP contribution is -2.50. The van der Waals surface area contributed by atoms with Crippen LogP contribution in [0.2, 0.25) is 10.0 Å². The molecule has 3 aromatic carbocycles. The van der Waals surface area contributed by atoms with E-state index in [1.165, 1.54) is 42.3 Å². The number of nitrogens with one attached hydrogen (secondary N) is 1. The molecule has 2 amide bonds. The molecule has 0 saturated carbocycles. The zero-order valence-corrected chi connectivity index (χ0v) is 21.5. The summed E-state index contributed by atoms with van der Waals surface area (Å²) < 4.78 is 28.2. The first-order chi connectivity index (χ1) is 16.6. The molecule has 10 heteroatoms. The van der Waals surface area contributed by atoms with E-state index in [9.17, 15) is 18.0 Å². The van der Waals surface area contributed by atoms with Gasteiger partial charge in [0.25, 0.3) is 10.0 Å². The molecule has 0 aliphatic carbocycles. The van der Waals surface area contributed by atoms with E-state index in [0.29, 0.717) is 0 Å². The quantitative estimate of drug-likeness (QED) is 0.442. The summed E-state index contributed by atoms with van der Waals surface area (Å²) in [4.78, 5) is 27.4. The van der Waals surface area contributed by atoms with Crippen LogP contribution in [0, 0.1) is 0 Å². The van der Waals surface area contributed by atoms with Crippen molar-refractivity contribution in [1.82, 2.24) is 10.2 Å². The van der Waals surface area contributed by atoms with Crippen molar-refractivity contribution in [1.29, 1.82) is 0 Å². The Labute approximate surface area is 215 Å². The van der Waals surface area contributed by atoms with Gasteiger partial charge in [0.05, 0.1) is 10.6 Å². The van der Waals surface area contributed by atoms with Gasteiger partial charge in [-0.15, -0.1) is 0 Å². The van der Waals surface area contributed by atoms with Gasteiger partial charge in [-0.2, -0.15) is 0 Å². The summed E-state index contributed by atoms with van der Waals surface area (Å²) in [6, 6.07) is 20.3. The van der Waals surface area contributed by atoms with Gasteiger partial charge in [-0.25, -0.2) is 8.42 Å². The molecular weight excluding hydrogens is 509 g/mol. The predicted octanol–water partition coefficient (Wildman–Crippen LogP) is 4.35. The van der Waals surface area contributed by atoms with E-state index in [1.54, 1.807) is 25.1 Å². The molecule has 0 saturated heterocycles. The molecule has 0 aromatic heterocycles. The summed E-state index contributed by atoms with van der Waals surface area (Å²) >= 11 is 12.3. The van der Waals surface area contributed by atoms with Crippen molar-refractivity contribution in [2.24, 2.45) is 0 Å². The lowest BCUT2D eigenvalue weighted by molar-refractivity contribution is -0.139. The first-order valence-electron chi connectivity index (χ1n) is 10.7. The second kappa shape index (κ2) is 11.6. The van der Waals surface area contributed by atoms with Gasteiger partial charge in [-0.05, 0) is 42.8 Å². The number of carbonyl (C=O) groups is 2. The Morgan fingerprint density at radius 1 is 0.914 bits per heavy atom. The van der Waals surface area contributed by atoms with Gasteiger partial charge >= 0.3 is 0 Å². The molecule has 0 heterocycles. The lowest BCUT2D eigenvalue weighted by Gasteiger charge is -2.31. The van der Waals surface area contributed by atoms with Gasteiger partial charge in [-0.1, -0.05) is 71.7 Å². The fraction of sp³-hybridized carbons (Fsp3) is 0.200. The molecule has 0 spiro atoms. The monoisotopic (exact) mass is 533 g/mol. The SMILES string of the molecule is CNC(=O)[C@H](C)N(Cc1ccccc1)C(=O)CN(c1cc(Cl)cc(Cl)c1)S(=O)(=O)c1ccccc1. The molecule has 1 N–H and O–H groups in total. The number of hydrogen-bond donors (Lipinski definition) is 1. The second-order valence-corrected chi connectivity index (χ2v) is 10.5. The van der Waals surface area contributed by atoms with E-state index in [1.807, 2.05) is 30.3 Å². The first-order valence-corrected chi connectivity index (χ1v) is 12.9. The molecule has 0 fully saturated rings. The molecule has 0 aliphatic heterocycles. The number of sulfonamides is 1. The summed E-state index contributed by atoms with van der Waals surface area (Å²) in [5.41, 5.74) is 0.923. The van der Waals surface area contributed by atoms with Gasteiger partial charge in [-0.3, -0.25) is 13.9 Å². The van der Waals surface area contributed by atoms with E-state index in [0.717, 1.165) is 9.87 Å². The van der Waals surface area contributed by atoms with E-state index < -0.39 is 28.5 Å². The topological polar surface area (TPSA) is 86.8 Å². The first kappa shape index (κ1) is 26.5. The highest BCUT2D eigenvalue weighted by Crippen LogP contribution is 2.30. The minimum atomic E-state index is -4.17. The Morgan fingerprint density at radius 3 is 2.00 bits per heavy atom. The van der Waals surface area contributed by atoms with Crippen LogP contribution in [0.25, 0.3) is 0 Å². The minimum Gasteiger partial charge on any atom is -0.357 e. The molecule has 0 aliphatic rings. The van der Waals surface area contributed by atoms with Gasteiger partial charge in [0.15, 0.2) is 0 Å². The standard InChI is InChI=1S/C25H25Cl2N3O4S/c1-18(25(32)28-2)29(16-19-9-5-3-6-10-19)24(31)17-30(22-14-20(26)13-21(27)15-22)35(33,34)23-11-7-4-8-12-23/h3-15,18H,16-17H2,1-2H3,(H,28,32)/t18-/m0/s1. The Bertz CT molecular complexity index is 1270. The largest absolute Gasteiger partial charge is 0.357 e. The van der Waals surface area contributed by atoms with Crippen molar-refractivity contribution in [3.05, 3.63) is 94.5 Å². The molecule has 1 atom stereocenters. The van der Waals surface area contributed by atoms with Crippen LogP contribution in [0.3, 0.4) is 0 Å². The lowest BCUT2D eigenvalue weighted by atomic mass is 10.1. The summed E-state index contributed by atoms with van der Waals surface area (Å²) in [5.74, 6) is -0.946. The van der Waals surface area contributed by atoms with Crippen LogP contribution < -0.4 is 9.62 Å². The minimum absolute atomic E-state index is 0.00198. The average Bonchev–Trinajstić information content (AvgIpc) is 2.85. The smallest absolute Gasteiger partial charge is 0.264 e. The molecule has 3 rings (SSSR count). The molecule has 0 radical (unpaired) electrons. The zero-order valence-electron chi connectivity index (χ0n) is 19.2. The Kier molecular flexibility index (Phi) is 8.77. The second-order valence-electron chi connectivity index (χ2n) is 7.75. The maximum absolute atomic E-state index is 13.6. The summed E-state index contributed by atoms with van der Waals surface area (Å²) in [5, 5.41) is 2.97. The number of halogens is 2. The number of rotatable bonds is 9. The Morgan fingerprint density at radius 2 is 1.46 bits per heavy atom. The number of hydrogen-bond acceptors (Lipinski definition) is 4. The third kappa shape index (κ3) is 6.54. The number of benzene rings is 3. The van der Waals surface area contributed by atoms with Crippen LogP contribution in [-0.2, 0) is 26.2 Å². The molecule has 0 bridgehead atoms. The van der Waals surface area contributed by atoms with Gasteiger partial charge in [0.2, 0.25) is 11.8 Å². The van der Waals surface area contributed by atoms with Gasteiger partial charge < -0.3 is 10.2 Å².